The molecule has 1 rings (SSSR count). The van der Waals surface area contributed by atoms with Gasteiger partial charge in [0.1, 0.15) is 0 Å². The molecular weight excluding hydrogens is 208 g/mol. The maximum absolute atomic E-state index is 11.8. The van der Waals surface area contributed by atoms with E-state index in [1.807, 2.05) is 21.0 Å². The fraction of sp³-hybridized carbons (Fsp3) is 0.778. The van der Waals surface area contributed by atoms with Crippen LogP contribution in [-0.4, -0.2) is 70.1 Å². The van der Waals surface area contributed by atoms with Crippen molar-refractivity contribution in [2.75, 3.05) is 33.7 Å². The predicted octanol–water partition coefficient (Wildman–Crippen LogP) is -0.386. The minimum Gasteiger partial charge on any atom is -0.336 e. The van der Waals surface area contributed by atoms with Gasteiger partial charge < -0.3 is 9.80 Å². The monoisotopic (exact) mass is 226 g/mol. The van der Waals surface area contributed by atoms with Crippen molar-refractivity contribution >= 4 is 5.91 Å². The van der Waals surface area contributed by atoms with Crippen LogP contribution < -0.4 is 0 Å². The highest BCUT2D eigenvalue weighted by molar-refractivity contribution is 5.90. The summed E-state index contributed by atoms with van der Waals surface area (Å²) in [5, 5.41) is 13.0. The molecule has 0 unspecified atom stereocenters. The van der Waals surface area contributed by atoms with Gasteiger partial charge in [0.2, 0.25) is 0 Å². The van der Waals surface area contributed by atoms with E-state index in [1.165, 1.54) is 0 Å². The third kappa shape index (κ3) is 3.58. The van der Waals surface area contributed by atoms with E-state index in [0.717, 1.165) is 13.0 Å². The number of hydrogen-bond donors (Lipinski definition) is 1. The van der Waals surface area contributed by atoms with E-state index < -0.39 is 0 Å². The van der Waals surface area contributed by atoms with E-state index in [9.17, 15) is 4.79 Å². The lowest BCUT2D eigenvalue weighted by Crippen LogP contribution is -2.34. The van der Waals surface area contributed by atoms with Gasteiger partial charge in [0.25, 0.3) is 11.7 Å². The number of nitrogens with one attached hydrogen (secondary N) is 1. The van der Waals surface area contributed by atoms with Crippen molar-refractivity contribution in [2.45, 2.75) is 13.3 Å². The maximum Gasteiger partial charge on any atom is 0.295 e. The van der Waals surface area contributed by atoms with Gasteiger partial charge in [-0.3, -0.25) is 4.79 Å². The standard InChI is InChI=1S/C9H18N6O/c1-4-15(7-5-6-14(2)3)9(16)8-10-12-13-11-8/h4-7H2,1-3H3,(H,10,11,12,13). The molecule has 1 amide bonds. The molecule has 1 aromatic heterocycles. The molecule has 0 saturated heterocycles. The molecule has 1 N–H and O–H groups in total. The van der Waals surface area contributed by atoms with Crippen LogP contribution in [0.4, 0.5) is 0 Å². The van der Waals surface area contributed by atoms with Gasteiger partial charge in [-0.05, 0) is 39.2 Å². The molecule has 90 valence electrons. The lowest BCUT2D eigenvalue weighted by molar-refractivity contribution is 0.0747. The first-order valence-electron chi connectivity index (χ1n) is 5.32. The molecule has 16 heavy (non-hydrogen) atoms. The third-order valence-electron chi connectivity index (χ3n) is 2.24. The molecule has 0 radical (unpaired) electrons. The van der Waals surface area contributed by atoms with Crippen molar-refractivity contribution in [3.05, 3.63) is 5.82 Å². The molecule has 7 heteroatoms. The molecule has 0 spiro atoms. The Morgan fingerprint density at radius 3 is 2.62 bits per heavy atom. The Labute approximate surface area is 94.8 Å². The normalized spacial score (nSPS) is 10.8. The lowest BCUT2D eigenvalue weighted by atomic mass is 10.3. The molecule has 0 aromatic carbocycles. The Bertz CT molecular complexity index is 310. The summed E-state index contributed by atoms with van der Waals surface area (Å²) in [4.78, 5) is 15.6. The van der Waals surface area contributed by atoms with E-state index in [4.69, 9.17) is 0 Å². The van der Waals surface area contributed by atoms with E-state index in [1.54, 1.807) is 4.90 Å². The van der Waals surface area contributed by atoms with Crippen LogP contribution in [-0.2, 0) is 0 Å². The van der Waals surface area contributed by atoms with E-state index in [0.29, 0.717) is 13.1 Å². The quantitative estimate of drug-likeness (QED) is 0.715. The van der Waals surface area contributed by atoms with Gasteiger partial charge in [-0.1, -0.05) is 0 Å². The summed E-state index contributed by atoms with van der Waals surface area (Å²) in [5.74, 6) is -0.0401. The number of carbonyl (C=O) groups is 1. The SMILES string of the molecule is CCN(CCCN(C)C)C(=O)c1nn[nH]n1. The first-order chi connectivity index (χ1) is 7.65. The summed E-state index contributed by atoms with van der Waals surface area (Å²) in [6.45, 7) is 4.26. The zero-order chi connectivity index (χ0) is 12.0. The summed E-state index contributed by atoms with van der Waals surface area (Å²) in [7, 11) is 4.02. The second kappa shape index (κ2) is 6.16. The summed E-state index contributed by atoms with van der Waals surface area (Å²) in [6, 6.07) is 0. The van der Waals surface area contributed by atoms with Crippen LogP contribution in [0.25, 0.3) is 0 Å². The van der Waals surface area contributed by atoms with Crippen LogP contribution in [0.3, 0.4) is 0 Å². The number of aromatic amines is 1. The van der Waals surface area contributed by atoms with Crippen LogP contribution in [0.15, 0.2) is 0 Å². The number of tetrazole rings is 1. The fourth-order valence-corrected chi connectivity index (χ4v) is 1.37. The van der Waals surface area contributed by atoms with Gasteiger partial charge >= 0.3 is 0 Å². The van der Waals surface area contributed by atoms with E-state index in [-0.39, 0.29) is 11.7 Å². The van der Waals surface area contributed by atoms with Crippen molar-refractivity contribution in [1.82, 2.24) is 30.4 Å². The average molecular weight is 226 g/mol. The number of H-pyrrole nitrogens is 1. The van der Waals surface area contributed by atoms with E-state index >= 15 is 0 Å². The summed E-state index contributed by atoms with van der Waals surface area (Å²) in [6.07, 6.45) is 0.935. The summed E-state index contributed by atoms with van der Waals surface area (Å²) >= 11 is 0. The Balaban J connectivity index is 2.45. The zero-order valence-corrected chi connectivity index (χ0v) is 9.97. The van der Waals surface area contributed by atoms with Crippen LogP contribution in [0.1, 0.15) is 24.0 Å². The van der Waals surface area contributed by atoms with Crippen molar-refractivity contribution in [3.63, 3.8) is 0 Å². The molecule has 0 fully saturated rings. The van der Waals surface area contributed by atoms with Crippen molar-refractivity contribution in [1.29, 1.82) is 0 Å². The number of nitrogens with zero attached hydrogens (tertiary/aromatic N) is 5. The molecule has 0 aliphatic rings. The van der Waals surface area contributed by atoms with Crippen LogP contribution in [0.5, 0.6) is 0 Å². The molecule has 7 nitrogen and oxygen atoms in total. The van der Waals surface area contributed by atoms with Gasteiger partial charge in [-0.25, -0.2) is 0 Å². The Morgan fingerprint density at radius 2 is 2.12 bits per heavy atom. The van der Waals surface area contributed by atoms with Crippen LogP contribution >= 0.6 is 0 Å². The number of aromatic nitrogens is 4. The molecule has 0 atom stereocenters. The topological polar surface area (TPSA) is 78.0 Å². The molecular formula is C9H18N6O. The van der Waals surface area contributed by atoms with Gasteiger partial charge in [-0.2, -0.15) is 5.21 Å². The Kier molecular flexibility index (Phi) is 4.84. The van der Waals surface area contributed by atoms with Gasteiger partial charge in [0, 0.05) is 13.1 Å². The number of rotatable bonds is 6. The Hall–Kier alpha value is -1.50. The smallest absolute Gasteiger partial charge is 0.295 e. The highest BCUT2D eigenvalue weighted by Crippen LogP contribution is 1.98. The molecule has 1 heterocycles. The molecule has 0 aliphatic heterocycles. The highest BCUT2D eigenvalue weighted by atomic mass is 16.2. The third-order valence-corrected chi connectivity index (χ3v) is 2.24. The predicted molar refractivity (Wildman–Crippen MR) is 58.9 cm³/mol. The van der Waals surface area contributed by atoms with Crippen molar-refractivity contribution in [3.8, 4) is 0 Å². The van der Waals surface area contributed by atoms with Gasteiger partial charge in [0.05, 0.1) is 0 Å². The average Bonchev–Trinajstić information content (AvgIpc) is 2.76. The summed E-state index contributed by atoms with van der Waals surface area (Å²) < 4.78 is 0. The lowest BCUT2D eigenvalue weighted by Gasteiger charge is -2.20. The van der Waals surface area contributed by atoms with Gasteiger partial charge in [-0.15, -0.1) is 10.2 Å². The number of carbonyl (C=O) groups excluding carboxylic acids is 1. The maximum atomic E-state index is 11.8. The minimum absolute atomic E-state index is 0.131. The molecule has 0 aliphatic carbocycles. The Morgan fingerprint density at radius 1 is 1.38 bits per heavy atom. The molecule has 1 aromatic rings. The second-order valence-corrected chi connectivity index (χ2v) is 3.78. The first kappa shape index (κ1) is 12.6. The molecule has 0 bridgehead atoms. The van der Waals surface area contributed by atoms with Crippen LogP contribution in [0, 0.1) is 0 Å². The number of hydrogen-bond acceptors (Lipinski definition) is 5. The van der Waals surface area contributed by atoms with Crippen LogP contribution in [0.2, 0.25) is 0 Å². The molecule has 0 saturated carbocycles. The summed E-state index contributed by atoms with van der Waals surface area (Å²) in [5.41, 5.74) is 0. The van der Waals surface area contributed by atoms with Gasteiger partial charge in [0.15, 0.2) is 0 Å². The first-order valence-corrected chi connectivity index (χ1v) is 5.32. The highest BCUT2D eigenvalue weighted by Gasteiger charge is 2.17. The fourth-order valence-electron chi connectivity index (χ4n) is 1.37. The van der Waals surface area contributed by atoms with Crippen molar-refractivity contribution < 1.29 is 4.79 Å². The minimum atomic E-state index is -0.171. The number of amides is 1. The van der Waals surface area contributed by atoms with E-state index in [2.05, 4.69) is 25.5 Å². The zero-order valence-electron chi connectivity index (χ0n) is 9.97. The second-order valence-electron chi connectivity index (χ2n) is 3.78. The largest absolute Gasteiger partial charge is 0.336 e. The van der Waals surface area contributed by atoms with Crippen molar-refractivity contribution in [2.24, 2.45) is 0 Å².